The van der Waals surface area contributed by atoms with Crippen LogP contribution in [0.1, 0.15) is 32.4 Å². The summed E-state index contributed by atoms with van der Waals surface area (Å²) in [5.74, 6) is 0.935. The highest BCUT2D eigenvalue weighted by molar-refractivity contribution is 5.41. The van der Waals surface area contributed by atoms with Crippen molar-refractivity contribution in [2.75, 3.05) is 13.7 Å². The van der Waals surface area contributed by atoms with Gasteiger partial charge in [0.25, 0.3) is 0 Å². The molecule has 94 valence electrons. The first-order chi connectivity index (χ1) is 8.04. The van der Waals surface area contributed by atoms with Crippen molar-refractivity contribution in [1.29, 1.82) is 0 Å². The fraction of sp³-hybridized carbons (Fsp3) is 0.429. The Bertz CT molecular complexity index is 395. The molecule has 0 fully saturated rings. The molecular weight excluding hydrogens is 214 g/mol. The minimum Gasteiger partial charge on any atom is -0.507 e. The van der Waals surface area contributed by atoms with Crippen LogP contribution in [0, 0.1) is 0 Å². The molecule has 3 nitrogen and oxygen atoms in total. The van der Waals surface area contributed by atoms with Crippen LogP contribution in [0.5, 0.6) is 11.5 Å². The van der Waals surface area contributed by atoms with Gasteiger partial charge in [-0.25, -0.2) is 0 Å². The van der Waals surface area contributed by atoms with Crippen LogP contribution < -0.4 is 10.1 Å². The lowest BCUT2D eigenvalue weighted by Crippen LogP contribution is -2.18. The van der Waals surface area contributed by atoms with Crippen LogP contribution in [0.2, 0.25) is 0 Å². The number of hydrogen-bond acceptors (Lipinski definition) is 3. The van der Waals surface area contributed by atoms with Crippen molar-refractivity contribution >= 4 is 0 Å². The first-order valence-electron chi connectivity index (χ1n) is 5.78. The molecule has 1 rings (SSSR count). The summed E-state index contributed by atoms with van der Waals surface area (Å²) in [5.41, 5.74) is 2.16. The molecule has 0 heterocycles. The average Bonchev–Trinajstić information content (AvgIpc) is 2.28. The van der Waals surface area contributed by atoms with E-state index in [1.165, 1.54) is 5.57 Å². The molecule has 0 radical (unpaired) electrons. The number of phenols is 1. The molecule has 2 N–H and O–H groups in total. The highest BCUT2D eigenvalue weighted by Crippen LogP contribution is 2.28. The molecule has 0 aromatic heterocycles. The number of benzene rings is 1. The summed E-state index contributed by atoms with van der Waals surface area (Å²) in [5, 5.41) is 13.2. The maximum Gasteiger partial charge on any atom is 0.124 e. The summed E-state index contributed by atoms with van der Waals surface area (Å²) in [6.07, 6.45) is 2.12. The largest absolute Gasteiger partial charge is 0.507 e. The van der Waals surface area contributed by atoms with E-state index in [1.54, 1.807) is 13.2 Å². The Kier molecular flexibility index (Phi) is 5.04. The molecule has 0 saturated carbocycles. The van der Waals surface area contributed by atoms with Crippen LogP contribution in [0.15, 0.2) is 29.8 Å². The van der Waals surface area contributed by atoms with Crippen molar-refractivity contribution in [3.8, 4) is 11.5 Å². The second-order valence-corrected chi connectivity index (χ2v) is 4.34. The van der Waals surface area contributed by atoms with Crippen molar-refractivity contribution in [3.63, 3.8) is 0 Å². The summed E-state index contributed by atoms with van der Waals surface area (Å²) in [6.45, 7) is 6.96. The third kappa shape index (κ3) is 4.11. The third-order valence-corrected chi connectivity index (χ3v) is 2.64. The van der Waals surface area contributed by atoms with Gasteiger partial charge in [-0.1, -0.05) is 17.7 Å². The van der Waals surface area contributed by atoms with Crippen molar-refractivity contribution in [3.05, 3.63) is 35.4 Å². The Morgan fingerprint density at radius 2 is 2.18 bits per heavy atom. The highest BCUT2D eigenvalue weighted by Gasteiger charge is 2.09. The quantitative estimate of drug-likeness (QED) is 0.771. The molecule has 1 aromatic rings. The maximum absolute atomic E-state index is 9.87. The first kappa shape index (κ1) is 13.6. The van der Waals surface area contributed by atoms with Crippen molar-refractivity contribution < 1.29 is 9.84 Å². The topological polar surface area (TPSA) is 41.5 Å². The first-order valence-corrected chi connectivity index (χ1v) is 5.78. The van der Waals surface area contributed by atoms with E-state index in [0.29, 0.717) is 5.75 Å². The smallest absolute Gasteiger partial charge is 0.124 e. The van der Waals surface area contributed by atoms with Crippen molar-refractivity contribution in [2.45, 2.75) is 26.8 Å². The van der Waals surface area contributed by atoms with Crippen LogP contribution in [0.4, 0.5) is 0 Å². The minimum absolute atomic E-state index is 0.108. The van der Waals surface area contributed by atoms with Gasteiger partial charge in [-0.2, -0.15) is 0 Å². The summed E-state index contributed by atoms with van der Waals surface area (Å²) in [7, 11) is 1.59. The van der Waals surface area contributed by atoms with Gasteiger partial charge < -0.3 is 15.2 Å². The predicted octanol–water partition coefficient (Wildman–Crippen LogP) is 3.02. The lowest BCUT2D eigenvalue weighted by Gasteiger charge is -2.15. The highest BCUT2D eigenvalue weighted by atomic mass is 16.5. The van der Waals surface area contributed by atoms with Gasteiger partial charge in [0.2, 0.25) is 0 Å². The number of aromatic hydroxyl groups is 1. The zero-order valence-electron chi connectivity index (χ0n) is 10.9. The summed E-state index contributed by atoms with van der Waals surface area (Å²) >= 11 is 0. The Balaban J connectivity index is 2.68. The molecule has 0 amide bonds. The average molecular weight is 235 g/mol. The van der Waals surface area contributed by atoms with Gasteiger partial charge >= 0.3 is 0 Å². The fourth-order valence-corrected chi connectivity index (χ4v) is 1.57. The van der Waals surface area contributed by atoms with Crippen molar-refractivity contribution in [1.82, 2.24) is 5.32 Å². The molecule has 0 aliphatic carbocycles. The van der Waals surface area contributed by atoms with E-state index in [0.717, 1.165) is 12.1 Å². The number of nitrogens with one attached hydrogen (secondary N) is 1. The lowest BCUT2D eigenvalue weighted by molar-refractivity contribution is 0.404. The second-order valence-electron chi connectivity index (χ2n) is 4.34. The normalized spacial score (nSPS) is 12.0. The zero-order valence-corrected chi connectivity index (χ0v) is 10.9. The zero-order chi connectivity index (χ0) is 12.8. The van der Waals surface area contributed by atoms with E-state index in [1.807, 2.05) is 19.1 Å². The number of hydrogen-bond donors (Lipinski definition) is 2. The van der Waals surface area contributed by atoms with E-state index < -0.39 is 0 Å². The van der Waals surface area contributed by atoms with Gasteiger partial charge in [-0.05, 0) is 26.8 Å². The van der Waals surface area contributed by atoms with Crippen LogP contribution in [0.3, 0.4) is 0 Å². The van der Waals surface area contributed by atoms with Crippen LogP contribution in [0.25, 0.3) is 0 Å². The fourth-order valence-electron chi connectivity index (χ4n) is 1.57. The molecule has 3 heteroatoms. The Morgan fingerprint density at radius 1 is 1.47 bits per heavy atom. The van der Waals surface area contributed by atoms with E-state index in [9.17, 15) is 5.11 Å². The van der Waals surface area contributed by atoms with Gasteiger partial charge in [-0.15, -0.1) is 0 Å². The number of ether oxygens (including phenoxy) is 1. The third-order valence-electron chi connectivity index (χ3n) is 2.64. The van der Waals surface area contributed by atoms with Gasteiger partial charge in [0.05, 0.1) is 7.11 Å². The maximum atomic E-state index is 9.87. The van der Waals surface area contributed by atoms with Crippen LogP contribution in [-0.2, 0) is 0 Å². The van der Waals surface area contributed by atoms with Crippen molar-refractivity contribution in [2.24, 2.45) is 0 Å². The van der Waals surface area contributed by atoms with E-state index in [2.05, 4.69) is 25.2 Å². The van der Waals surface area contributed by atoms with E-state index in [4.69, 9.17) is 4.74 Å². The molecule has 1 unspecified atom stereocenters. The lowest BCUT2D eigenvalue weighted by atomic mass is 10.1. The predicted molar refractivity (Wildman–Crippen MR) is 70.5 cm³/mol. The molecule has 0 saturated heterocycles. The second kappa shape index (κ2) is 6.30. The Hall–Kier alpha value is -1.48. The Labute approximate surface area is 103 Å². The van der Waals surface area contributed by atoms with Gasteiger partial charge in [0, 0.05) is 24.2 Å². The molecule has 1 atom stereocenters. The molecule has 0 bridgehead atoms. The molecule has 1 aromatic carbocycles. The molecule has 0 spiro atoms. The number of rotatable bonds is 5. The molecular formula is C14H21NO2. The molecule has 17 heavy (non-hydrogen) atoms. The minimum atomic E-state index is 0.108. The van der Waals surface area contributed by atoms with Crippen LogP contribution >= 0.6 is 0 Å². The SMILES string of the molecule is COc1ccc(C(C)NCC=C(C)C)c(O)c1. The van der Waals surface area contributed by atoms with E-state index >= 15 is 0 Å². The number of allylic oxidation sites excluding steroid dienone is 1. The summed E-state index contributed by atoms with van der Waals surface area (Å²) < 4.78 is 5.05. The number of phenolic OH excluding ortho intramolecular Hbond substituents is 1. The standard InChI is InChI=1S/C14H21NO2/c1-10(2)7-8-15-11(3)13-6-5-12(17-4)9-14(13)16/h5-7,9,11,15-16H,8H2,1-4H3. The molecule has 0 aliphatic rings. The number of methoxy groups -OCH3 is 1. The summed E-state index contributed by atoms with van der Waals surface area (Å²) in [6, 6.07) is 5.48. The molecule has 0 aliphatic heterocycles. The van der Waals surface area contributed by atoms with Gasteiger partial charge in [0.15, 0.2) is 0 Å². The monoisotopic (exact) mass is 235 g/mol. The van der Waals surface area contributed by atoms with Crippen LogP contribution in [-0.4, -0.2) is 18.8 Å². The summed E-state index contributed by atoms with van der Waals surface area (Å²) in [4.78, 5) is 0. The Morgan fingerprint density at radius 3 is 2.71 bits per heavy atom. The van der Waals surface area contributed by atoms with Gasteiger partial charge in [0.1, 0.15) is 11.5 Å². The van der Waals surface area contributed by atoms with Gasteiger partial charge in [-0.3, -0.25) is 0 Å². The van der Waals surface area contributed by atoms with E-state index in [-0.39, 0.29) is 11.8 Å².